The molecule has 2 aliphatic carbocycles. The van der Waals surface area contributed by atoms with Gasteiger partial charge in [0.2, 0.25) is 0 Å². The molecule has 112 valence electrons. The molecule has 2 aliphatic rings. The average molecular weight is 288 g/mol. The highest BCUT2D eigenvalue weighted by Crippen LogP contribution is 2.44. The van der Waals surface area contributed by atoms with Crippen LogP contribution in [-0.4, -0.2) is 0 Å². The van der Waals surface area contributed by atoms with Crippen LogP contribution in [0.5, 0.6) is 0 Å². The second-order valence-corrected chi connectivity index (χ2v) is 7.71. The van der Waals surface area contributed by atoms with Crippen molar-refractivity contribution in [3.63, 3.8) is 0 Å². The maximum absolute atomic E-state index is 2.47. The number of benzene rings is 2. The molecule has 0 saturated heterocycles. The zero-order valence-electron chi connectivity index (χ0n) is 13.9. The van der Waals surface area contributed by atoms with E-state index in [0.717, 1.165) is 6.42 Å². The van der Waals surface area contributed by atoms with E-state index >= 15 is 0 Å². The van der Waals surface area contributed by atoms with Crippen molar-refractivity contribution in [1.82, 2.24) is 0 Å². The van der Waals surface area contributed by atoms with Gasteiger partial charge in [0.25, 0.3) is 0 Å². The Kier molecular flexibility index (Phi) is 3.04. The first kappa shape index (κ1) is 13.8. The molecule has 2 aromatic rings. The molecule has 2 aromatic carbocycles. The molecule has 0 bridgehead atoms. The van der Waals surface area contributed by atoms with E-state index in [1.54, 1.807) is 11.1 Å². The smallest absolute Gasteiger partial charge is 0.00106 e. The summed E-state index contributed by atoms with van der Waals surface area (Å²) in [7, 11) is 0. The van der Waals surface area contributed by atoms with Gasteiger partial charge in [-0.1, -0.05) is 56.3 Å². The first-order chi connectivity index (χ1) is 10.6. The SMILES string of the molecule is Cc1c(C2=CCCC(C)(C)C2)ccc2c1Cc1ccccc1-2. The van der Waals surface area contributed by atoms with E-state index in [9.17, 15) is 0 Å². The summed E-state index contributed by atoms with van der Waals surface area (Å²) in [6.07, 6.45) is 7.31. The Hall–Kier alpha value is -1.82. The third-order valence-electron chi connectivity index (χ3n) is 5.50. The van der Waals surface area contributed by atoms with E-state index in [-0.39, 0.29) is 0 Å². The van der Waals surface area contributed by atoms with Crippen LogP contribution >= 0.6 is 0 Å². The molecular weight excluding hydrogens is 264 g/mol. The third kappa shape index (κ3) is 2.13. The Bertz CT molecular complexity index is 775. The number of hydrogen-bond donors (Lipinski definition) is 0. The van der Waals surface area contributed by atoms with Gasteiger partial charge in [-0.25, -0.2) is 0 Å². The van der Waals surface area contributed by atoms with Crippen molar-refractivity contribution in [3.8, 4) is 11.1 Å². The number of allylic oxidation sites excluding steroid dienone is 2. The van der Waals surface area contributed by atoms with Crippen molar-refractivity contribution < 1.29 is 0 Å². The molecule has 0 nitrogen and oxygen atoms in total. The Labute approximate surface area is 133 Å². The van der Waals surface area contributed by atoms with Gasteiger partial charge >= 0.3 is 0 Å². The van der Waals surface area contributed by atoms with Crippen LogP contribution in [-0.2, 0) is 6.42 Å². The van der Waals surface area contributed by atoms with Gasteiger partial charge in [-0.15, -0.1) is 0 Å². The van der Waals surface area contributed by atoms with Crippen LogP contribution < -0.4 is 0 Å². The number of hydrogen-bond acceptors (Lipinski definition) is 0. The third-order valence-corrected chi connectivity index (χ3v) is 5.50. The lowest BCUT2D eigenvalue weighted by Gasteiger charge is -2.30. The van der Waals surface area contributed by atoms with Crippen molar-refractivity contribution in [3.05, 3.63) is 64.7 Å². The highest BCUT2D eigenvalue weighted by molar-refractivity contribution is 5.82. The van der Waals surface area contributed by atoms with Crippen molar-refractivity contribution in [1.29, 1.82) is 0 Å². The minimum atomic E-state index is 0.443. The van der Waals surface area contributed by atoms with Crippen LogP contribution in [0.3, 0.4) is 0 Å². The van der Waals surface area contributed by atoms with E-state index < -0.39 is 0 Å². The molecule has 0 aromatic heterocycles. The lowest BCUT2D eigenvalue weighted by Crippen LogP contribution is -2.15. The van der Waals surface area contributed by atoms with Crippen molar-refractivity contribution >= 4 is 5.57 Å². The van der Waals surface area contributed by atoms with Crippen LogP contribution in [0.4, 0.5) is 0 Å². The summed E-state index contributed by atoms with van der Waals surface area (Å²) >= 11 is 0. The summed E-state index contributed by atoms with van der Waals surface area (Å²) in [6.45, 7) is 7.12. The van der Waals surface area contributed by atoms with Crippen LogP contribution in [0.25, 0.3) is 16.7 Å². The second kappa shape index (κ2) is 4.84. The van der Waals surface area contributed by atoms with Crippen LogP contribution in [0, 0.1) is 12.3 Å². The van der Waals surface area contributed by atoms with Crippen LogP contribution in [0.1, 0.15) is 55.4 Å². The molecule has 0 saturated carbocycles. The number of fused-ring (bicyclic) bond motifs is 3. The standard InChI is InChI=1S/C22H24/c1-15-18(17-8-6-12-22(2,3)14-17)10-11-20-19-9-5-4-7-16(19)13-21(15)20/h4-5,7-11H,6,12-14H2,1-3H3. The molecule has 0 heterocycles. The Morgan fingerprint density at radius 1 is 0.909 bits per heavy atom. The molecular formula is C22H24. The van der Waals surface area contributed by atoms with Gasteiger partial charge in [0.05, 0.1) is 0 Å². The molecule has 4 rings (SSSR count). The van der Waals surface area contributed by atoms with E-state index in [0.29, 0.717) is 5.41 Å². The molecule has 0 amide bonds. The monoisotopic (exact) mass is 288 g/mol. The summed E-state index contributed by atoms with van der Waals surface area (Å²) in [5.41, 5.74) is 10.9. The van der Waals surface area contributed by atoms with E-state index in [4.69, 9.17) is 0 Å². The molecule has 0 aliphatic heterocycles. The molecule has 22 heavy (non-hydrogen) atoms. The first-order valence-corrected chi connectivity index (χ1v) is 8.45. The van der Waals surface area contributed by atoms with E-state index in [1.165, 1.54) is 47.1 Å². The first-order valence-electron chi connectivity index (χ1n) is 8.45. The quantitative estimate of drug-likeness (QED) is 0.503. The minimum Gasteiger partial charge on any atom is -0.0807 e. The topological polar surface area (TPSA) is 0 Å². The largest absolute Gasteiger partial charge is 0.0807 e. The molecule has 0 atom stereocenters. The summed E-state index contributed by atoms with van der Waals surface area (Å²) in [6, 6.07) is 13.6. The maximum Gasteiger partial charge on any atom is -0.00106 e. The second-order valence-electron chi connectivity index (χ2n) is 7.71. The Balaban J connectivity index is 1.80. The lowest BCUT2D eigenvalue weighted by molar-refractivity contribution is 0.338. The summed E-state index contributed by atoms with van der Waals surface area (Å²) in [4.78, 5) is 0. The Morgan fingerprint density at radius 2 is 1.68 bits per heavy atom. The predicted molar refractivity (Wildman–Crippen MR) is 95.0 cm³/mol. The fourth-order valence-electron chi connectivity index (χ4n) is 4.23. The summed E-state index contributed by atoms with van der Waals surface area (Å²) in [5.74, 6) is 0. The van der Waals surface area contributed by atoms with E-state index in [1.807, 2.05) is 0 Å². The fourth-order valence-corrected chi connectivity index (χ4v) is 4.23. The minimum absolute atomic E-state index is 0.443. The van der Waals surface area contributed by atoms with E-state index in [2.05, 4.69) is 63.2 Å². The normalized spacial score (nSPS) is 18.6. The van der Waals surface area contributed by atoms with Crippen LogP contribution in [0.15, 0.2) is 42.5 Å². The van der Waals surface area contributed by atoms with Gasteiger partial charge in [0.15, 0.2) is 0 Å². The molecule has 0 radical (unpaired) electrons. The maximum atomic E-state index is 2.47. The van der Waals surface area contributed by atoms with Crippen molar-refractivity contribution in [2.75, 3.05) is 0 Å². The van der Waals surface area contributed by atoms with Gasteiger partial charge in [-0.2, -0.15) is 0 Å². The predicted octanol–water partition coefficient (Wildman–Crippen LogP) is 6.16. The number of rotatable bonds is 1. The van der Waals surface area contributed by atoms with Gasteiger partial charge in [0, 0.05) is 0 Å². The zero-order valence-corrected chi connectivity index (χ0v) is 13.9. The van der Waals surface area contributed by atoms with Gasteiger partial charge < -0.3 is 0 Å². The molecule has 0 unspecified atom stereocenters. The van der Waals surface area contributed by atoms with Crippen molar-refractivity contribution in [2.45, 2.75) is 46.5 Å². The zero-order chi connectivity index (χ0) is 15.3. The highest BCUT2D eigenvalue weighted by Gasteiger charge is 2.26. The molecule has 0 N–H and O–H groups in total. The van der Waals surface area contributed by atoms with Crippen LogP contribution in [0.2, 0.25) is 0 Å². The fraction of sp³-hybridized carbons (Fsp3) is 0.364. The van der Waals surface area contributed by atoms with Crippen molar-refractivity contribution in [2.24, 2.45) is 5.41 Å². The highest BCUT2D eigenvalue weighted by atomic mass is 14.3. The average Bonchev–Trinajstić information content (AvgIpc) is 2.86. The molecule has 0 fully saturated rings. The Morgan fingerprint density at radius 3 is 2.50 bits per heavy atom. The summed E-state index contributed by atoms with van der Waals surface area (Å²) < 4.78 is 0. The summed E-state index contributed by atoms with van der Waals surface area (Å²) in [5, 5.41) is 0. The molecule has 0 heteroatoms. The van der Waals surface area contributed by atoms with Gasteiger partial charge in [-0.3, -0.25) is 0 Å². The molecule has 0 spiro atoms. The van der Waals surface area contributed by atoms with Gasteiger partial charge in [-0.05, 0) is 77.0 Å². The lowest BCUT2D eigenvalue weighted by atomic mass is 9.74. The van der Waals surface area contributed by atoms with Gasteiger partial charge in [0.1, 0.15) is 0 Å².